The largest absolute Gasteiger partial charge is 0.325 e. The highest BCUT2D eigenvalue weighted by molar-refractivity contribution is 7.09. The lowest BCUT2D eigenvalue weighted by Crippen LogP contribution is -3.08. The molecule has 1 aromatic heterocycles. The fourth-order valence-electron chi connectivity index (χ4n) is 1.98. The second kappa shape index (κ2) is 6.96. The fourth-order valence-corrected chi connectivity index (χ4v) is 2.80. The summed E-state index contributed by atoms with van der Waals surface area (Å²) >= 11 is 1.65. The highest BCUT2D eigenvalue weighted by atomic mass is 32.1. The summed E-state index contributed by atoms with van der Waals surface area (Å²) in [6, 6.07) is 10.1. The first kappa shape index (κ1) is 15.1. The maximum absolute atomic E-state index is 12.0. The van der Waals surface area contributed by atoms with Crippen LogP contribution in [0.2, 0.25) is 0 Å². The summed E-state index contributed by atoms with van der Waals surface area (Å²) in [4.78, 5) is 24.6. The topological polar surface area (TPSA) is 76.7 Å². The van der Waals surface area contributed by atoms with Gasteiger partial charge in [0.15, 0.2) is 6.54 Å². The zero-order valence-electron chi connectivity index (χ0n) is 11.5. The van der Waals surface area contributed by atoms with Crippen molar-refractivity contribution in [2.45, 2.75) is 6.54 Å². The van der Waals surface area contributed by atoms with Crippen molar-refractivity contribution in [1.29, 1.82) is 0 Å². The number of amides is 1. The van der Waals surface area contributed by atoms with E-state index in [1.54, 1.807) is 23.5 Å². The van der Waals surface area contributed by atoms with Crippen LogP contribution in [-0.2, 0) is 11.3 Å². The molecule has 6 nitrogen and oxygen atoms in total. The average molecular weight is 306 g/mol. The van der Waals surface area contributed by atoms with Crippen LogP contribution in [0, 0.1) is 10.1 Å². The van der Waals surface area contributed by atoms with Gasteiger partial charge in [-0.25, -0.2) is 0 Å². The zero-order chi connectivity index (χ0) is 15.2. The van der Waals surface area contributed by atoms with E-state index >= 15 is 0 Å². The maximum Gasteiger partial charge on any atom is 0.292 e. The van der Waals surface area contributed by atoms with Crippen LogP contribution in [0.5, 0.6) is 0 Å². The highest BCUT2D eigenvalue weighted by Gasteiger charge is 2.17. The smallest absolute Gasteiger partial charge is 0.292 e. The lowest BCUT2D eigenvalue weighted by Gasteiger charge is -2.12. The van der Waals surface area contributed by atoms with Gasteiger partial charge >= 0.3 is 0 Å². The number of hydrogen-bond donors (Lipinski definition) is 2. The van der Waals surface area contributed by atoms with Crippen molar-refractivity contribution in [2.24, 2.45) is 0 Å². The Bertz CT molecular complexity index is 628. The minimum atomic E-state index is -0.502. The van der Waals surface area contributed by atoms with Crippen LogP contribution in [0.4, 0.5) is 11.4 Å². The summed E-state index contributed by atoms with van der Waals surface area (Å²) in [7, 11) is 1.92. The van der Waals surface area contributed by atoms with E-state index in [0.29, 0.717) is 0 Å². The predicted molar refractivity (Wildman–Crippen MR) is 81.5 cm³/mol. The predicted octanol–water partition coefficient (Wildman–Crippen LogP) is 1.31. The molecule has 0 fully saturated rings. The molecular formula is C14H16N3O3S+. The van der Waals surface area contributed by atoms with E-state index in [0.717, 1.165) is 11.4 Å². The number of nitro groups is 1. The standard InChI is InChI=1S/C14H15N3O3S/c1-16(9-11-5-4-8-21-11)10-14(18)15-12-6-2-3-7-13(12)17(19)20/h2-8H,9-10H2,1H3,(H,15,18)/p+1. The van der Waals surface area contributed by atoms with Crippen LogP contribution >= 0.6 is 11.3 Å². The summed E-state index contributed by atoms with van der Waals surface area (Å²) in [5.41, 5.74) is 0.137. The number of carbonyl (C=O) groups is 1. The Labute approximate surface area is 126 Å². The van der Waals surface area contributed by atoms with E-state index < -0.39 is 4.92 Å². The molecule has 0 saturated heterocycles. The van der Waals surface area contributed by atoms with Gasteiger partial charge in [-0.15, -0.1) is 11.3 Å². The van der Waals surface area contributed by atoms with Crippen LogP contribution in [0.3, 0.4) is 0 Å². The van der Waals surface area contributed by atoms with Crippen molar-refractivity contribution < 1.29 is 14.6 Å². The maximum atomic E-state index is 12.0. The van der Waals surface area contributed by atoms with Crippen molar-refractivity contribution in [1.82, 2.24) is 0 Å². The molecule has 1 unspecified atom stereocenters. The van der Waals surface area contributed by atoms with Crippen LogP contribution in [-0.4, -0.2) is 24.4 Å². The number of benzene rings is 1. The molecule has 110 valence electrons. The second-order valence-electron chi connectivity index (χ2n) is 4.71. The van der Waals surface area contributed by atoms with E-state index in [1.165, 1.54) is 17.0 Å². The Kier molecular flexibility index (Phi) is 5.02. The summed E-state index contributed by atoms with van der Waals surface area (Å²) in [6.45, 7) is 1.01. The number of nitro benzene ring substituents is 1. The summed E-state index contributed by atoms with van der Waals surface area (Å²) in [5, 5.41) is 15.5. The van der Waals surface area contributed by atoms with Crippen molar-refractivity contribution in [3.63, 3.8) is 0 Å². The van der Waals surface area contributed by atoms with Gasteiger partial charge in [-0.3, -0.25) is 14.9 Å². The van der Waals surface area contributed by atoms with E-state index in [1.807, 2.05) is 24.6 Å². The van der Waals surface area contributed by atoms with Gasteiger partial charge in [0.1, 0.15) is 12.2 Å². The molecule has 0 radical (unpaired) electrons. The Hall–Kier alpha value is -2.25. The Morgan fingerprint density at radius 2 is 2.10 bits per heavy atom. The SMILES string of the molecule is C[NH+](CC(=O)Nc1ccccc1[N+](=O)[O-])Cc1cccs1. The number of likely N-dealkylation sites (N-methyl/N-ethyl adjacent to an activating group) is 1. The molecule has 0 aliphatic carbocycles. The minimum absolute atomic E-state index is 0.0956. The first-order valence-corrected chi connectivity index (χ1v) is 7.31. The van der Waals surface area contributed by atoms with Crippen LogP contribution in [0.15, 0.2) is 41.8 Å². The van der Waals surface area contributed by atoms with Crippen molar-refractivity contribution in [2.75, 3.05) is 18.9 Å². The van der Waals surface area contributed by atoms with Gasteiger partial charge in [-0.05, 0) is 17.5 Å². The summed E-state index contributed by atoms with van der Waals surface area (Å²) in [5.74, 6) is -0.238. The van der Waals surface area contributed by atoms with E-state index in [-0.39, 0.29) is 23.8 Å². The molecular weight excluding hydrogens is 290 g/mol. The zero-order valence-corrected chi connectivity index (χ0v) is 12.4. The number of carbonyl (C=O) groups excluding carboxylic acids is 1. The molecule has 0 aliphatic heterocycles. The van der Waals surface area contributed by atoms with Crippen molar-refractivity contribution >= 4 is 28.6 Å². The van der Waals surface area contributed by atoms with Crippen molar-refractivity contribution in [3.8, 4) is 0 Å². The van der Waals surface area contributed by atoms with Gasteiger partial charge in [0, 0.05) is 6.07 Å². The molecule has 0 bridgehead atoms. The molecule has 2 aromatic rings. The molecule has 0 saturated carbocycles. The van der Waals surface area contributed by atoms with Gasteiger partial charge in [-0.2, -0.15) is 0 Å². The molecule has 1 atom stereocenters. The molecule has 2 rings (SSSR count). The number of nitrogens with zero attached hydrogens (tertiary/aromatic N) is 1. The molecule has 1 heterocycles. The van der Waals surface area contributed by atoms with Gasteiger partial charge < -0.3 is 10.2 Å². The summed E-state index contributed by atoms with van der Waals surface area (Å²) in [6.07, 6.45) is 0. The number of rotatable bonds is 6. The number of hydrogen-bond acceptors (Lipinski definition) is 4. The van der Waals surface area contributed by atoms with Crippen molar-refractivity contribution in [3.05, 3.63) is 56.8 Å². The normalized spacial score (nSPS) is 11.9. The Balaban J connectivity index is 1.94. The second-order valence-corrected chi connectivity index (χ2v) is 5.74. The van der Waals surface area contributed by atoms with Crippen LogP contribution in [0.1, 0.15) is 4.88 Å². The molecule has 7 heteroatoms. The first-order valence-electron chi connectivity index (χ1n) is 6.43. The molecule has 0 spiro atoms. The van der Waals surface area contributed by atoms with Gasteiger partial charge in [0.05, 0.1) is 16.8 Å². The highest BCUT2D eigenvalue weighted by Crippen LogP contribution is 2.22. The Morgan fingerprint density at radius 3 is 2.76 bits per heavy atom. The number of quaternary nitrogens is 1. The number of nitrogens with one attached hydrogen (secondary N) is 2. The monoisotopic (exact) mass is 306 g/mol. The van der Waals surface area contributed by atoms with Gasteiger partial charge in [0.2, 0.25) is 0 Å². The van der Waals surface area contributed by atoms with Gasteiger partial charge in [0.25, 0.3) is 11.6 Å². The minimum Gasteiger partial charge on any atom is -0.325 e. The lowest BCUT2D eigenvalue weighted by molar-refractivity contribution is -0.884. The molecule has 1 amide bonds. The van der Waals surface area contributed by atoms with Gasteiger partial charge in [-0.1, -0.05) is 18.2 Å². The molecule has 1 aromatic carbocycles. The molecule has 2 N–H and O–H groups in total. The summed E-state index contributed by atoms with van der Waals surface area (Å²) < 4.78 is 0. The third kappa shape index (κ3) is 4.37. The average Bonchev–Trinajstić information content (AvgIpc) is 2.91. The third-order valence-electron chi connectivity index (χ3n) is 2.89. The fraction of sp³-hybridized carbons (Fsp3) is 0.214. The lowest BCUT2D eigenvalue weighted by atomic mass is 10.2. The third-order valence-corrected chi connectivity index (χ3v) is 3.77. The quantitative estimate of drug-likeness (QED) is 0.624. The first-order chi connectivity index (χ1) is 10.1. The Morgan fingerprint density at radius 1 is 1.33 bits per heavy atom. The molecule has 21 heavy (non-hydrogen) atoms. The van der Waals surface area contributed by atoms with E-state index in [9.17, 15) is 14.9 Å². The number of thiophene rings is 1. The number of anilines is 1. The molecule has 0 aliphatic rings. The van der Waals surface area contributed by atoms with Crippen LogP contribution < -0.4 is 10.2 Å². The van der Waals surface area contributed by atoms with Crippen LogP contribution in [0.25, 0.3) is 0 Å². The van der Waals surface area contributed by atoms with E-state index in [4.69, 9.17) is 0 Å². The van der Waals surface area contributed by atoms with E-state index in [2.05, 4.69) is 5.32 Å². The number of para-hydroxylation sites is 2.